The van der Waals surface area contributed by atoms with Gasteiger partial charge >= 0.3 is 0 Å². The lowest BCUT2D eigenvalue weighted by atomic mass is 10.1. The molecule has 0 amide bonds. The fourth-order valence-electron chi connectivity index (χ4n) is 1.85. The largest absolute Gasteiger partial charge is 0.395 e. The van der Waals surface area contributed by atoms with Gasteiger partial charge in [-0.2, -0.15) is 11.8 Å². The molecule has 0 heterocycles. The second-order valence-corrected chi connectivity index (χ2v) is 5.95. The number of hydrogen-bond donors (Lipinski definition) is 1. The summed E-state index contributed by atoms with van der Waals surface area (Å²) in [6, 6.07) is 16.2. The third kappa shape index (κ3) is 5.47. The minimum absolute atomic E-state index is 0.111. The van der Waals surface area contributed by atoms with Gasteiger partial charge in [-0.25, -0.2) is 0 Å². The van der Waals surface area contributed by atoms with Crippen molar-refractivity contribution in [1.82, 2.24) is 0 Å². The molecule has 2 rings (SSSR count). The predicted octanol–water partition coefficient (Wildman–Crippen LogP) is 4.51. The summed E-state index contributed by atoms with van der Waals surface area (Å²) in [5.41, 5.74) is 3.42. The Morgan fingerprint density at radius 1 is 1.05 bits per heavy atom. The van der Waals surface area contributed by atoms with Crippen molar-refractivity contribution in [3.8, 4) is 11.8 Å². The van der Waals surface area contributed by atoms with E-state index in [1.807, 2.05) is 42.1 Å². The minimum Gasteiger partial charge on any atom is -0.395 e. The Bertz CT molecular complexity index is 643. The molecule has 1 N–H and O–H groups in total. The number of halogens is 1. The third-order valence-electron chi connectivity index (χ3n) is 2.88. The van der Waals surface area contributed by atoms with Crippen molar-refractivity contribution in [1.29, 1.82) is 0 Å². The summed E-state index contributed by atoms with van der Waals surface area (Å²) in [7, 11) is 0. The van der Waals surface area contributed by atoms with Gasteiger partial charge in [0.15, 0.2) is 0 Å². The Morgan fingerprint density at radius 2 is 1.90 bits per heavy atom. The molecule has 2 aromatic rings. The van der Waals surface area contributed by atoms with Crippen LogP contribution in [-0.2, 0) is 11.5 Å². The van der Waals surface area contributed by atoms with E-state index >= 15 is 0 Å². The number of thioether (sulfide) groups is 1. The normalized spacial score (nSPS) is 10.0. The molecule has 0 aliphatic carbocycles. The van der Waals surface area contributed by atoms with E-state index in [2.05, 4.69) is 30.0 Å². The Labute approximate surface area is 135 Å². The molecule has 108 valence electrons. The van der Waals surface area contributed by atoms with Gasteiger partial charge in [0.1, 0.15) is 0 Å². The molecule has 0 radical (unpaired) electrons. The Morgan fingerprint density at radius 3 is 2.71 bits per heavy atom. The molecule has 0 atom stereocenters. The van der Waals surface area contributed by atoms with Crippen LogP contribution < -0.4 is 0 Å². The summed E-state index contributed by atoms with van der Waals surface area (Å²) >= 11 is 7.99. The Hall–Kier alpha value is -1.40. The summed E-state index contributed by atoms with van der Waals surface area (Å²) in [6.45, 7) is 0.111. The van der Waals surface area contributed by atoms with E-state index in [4.69, 9.17) is 16.7 Å². The second-order valence-electron chi connectivity index (χ2n) is 4.56. The number of aliphatic hydroxyl groups is 1. The molecular weight excluding hydrogens is 300 g/mol. The summed E-state index contributed by atoms with van der Waals surface area (Å²) in [6.07, 6.45) is 0.519. The first kappa shape index (κ1) is 16.0. The SMILES string of the molecule is OCCC#Cc1cccc(CSCc2ccccc2Cl)c1. The van der Waals surface area contributed by atoms with Crippen molar-refractivity contribution < 1.29 is 5.11 Å². The minimum atomic E-state index is 0.111. The van der Waals surface area contributed by atoms with E-state index < -0.39 is 0 Å². The number of hydrogen-bond acceptors (Lipinski definition) is 2. The predicted molar refractivity (Wildman–Crippen MR) is 91.5 cm³/mol. The highest BCUT2D eigenvalue weighted by Crippen LogP contribution is 2.23. The van der Waals surface area contributed by atoms with Crippen LogP contribution in [0.5, 0.6) is 0 Å². The Balaban J connectivity index is 1.90. The van der Waals surface area contributed by atoms with Crippen LogP contribution in [0.25, 0.3) is 0 Å². The highest BCUT2D eigenvalue weighted by molar-refractivity contribution is 7.97. The average Bonchev–Trinajstić information content (AvgIpc) is 2.50. The van der Waals surface area contributed by atoms with Crippen LogP contribution in [0.4, 0.5) is 0 Å². The first-order chi connectivity index (χ1) is 10.3. The third-order valence-corrected chi connectivity index (χ3v) is 4.30. The molecule has 1 nitrogen and oxygen atoms in total. The zero-order chi connectivity index (χ0) is 14.9. The monoisotopic (exact) mass is 316 g/mol. The van der Waals surface area contributed by atoms with E-state index in [0.717, 1.165) is 22.1 Å². The zero-order valence-corrected chi connectivity index (χ0v) is 13.3. The molecule has 0 bridgehead atoms. The molecule has 0 saturated heterocycles. The molecule has 2 aromatic carbocycles. The molecular formula is C18H17ClOS. The smallest absolute Gasteiger partial charge is 0.0540 e. The summed E-state index contributed by atoms with van der Waals surface area (Å²) in [4.78, 5) is 0. The van der Waals surface area contributed by atoms with Gasteiger partial charge < -0.3 is 5.11 Å². The van der Waals surface area contributed by atoms with Crippen LogP contribution in [0.2, 0.25) is 5.02 Å². The first-order valence-corrected chi connectivity index (χ1v) is 8.32. The van der Waals surface area contributed by atoms with Crippen LogP contribution in [0.15, 0.2) is 48.5 Å². The number of benzene rings is 2. The maximum absolute atomic E-state index is 8.73. The molecule has 3 heteroatoms. The highest BCUT2D eigenvalue weighted by Gasteiger charge is 2.00. The quantitative estimate of drug-likeness (QED) is 0.819. The van der Waals surface area contributed by atoms with E-state index in [1.165, 1.54) is 11.1 Å². The molecule has 21 heavy (non-hydrogen) atoms. The van der Waals surface area contributed by atoms with Gasteiger partial charge in [-0.3, -0.25) is 0 Å². The zero-order valence-electron chi connectivity index (χ0n) is 11.7. The van der Waals surface area contributed by atoms with Crippen molar-refractivity contribution in [2.24, 2.45) is 0 Å². The maximum Gasteiger partial charge on any atom is 0.0540 e. The van der Waals surface area contributed by atoms with E-state index in [0.29, 0.717) is 6.42 Å². The number of aliphatic hydroxyl groups excluding tert-OH is 1. The average molecular weight is 317 g/mol. The lowest BCUT2D eigenvalue weighted by Gasteiger charge is -2.05. The Kier molecular flexibility index (Phi) is 6.69. The van der Waals surface area contributed by atoms with Crippen molar-refractivity contribution in [3.05, 3.63) is 70.2 Å². The van der Waals surface area contributed by atoms with Gasteiger partial charge in [0.2, 0.25) is 0 Å². The van der Waals surface area contributed by atoms with Crippen molar-refractivity contribution in [3.63, 3.8) is 0 Å². The van der Waals surface area contributed by atoms with Gasteiger partial charge in [-0.05, 0) is 29.3 Å². The summed E-state index contributed by atoms with van der Waals surface area (Å²) < 4.78 is 0. The lowest BCUT2D eigenvalue weighted by Crippen LogP contribution is -1.86. The van der Waals surface area contributed by atoms with Gasteiger partial charge in [0.05, 0.1) is 6.61 Å². The molecule has 0 saturated carbocycles. The summed E-state index contributed by atoms with van der Waals surface area (Å²) in [5, 5.41) is 9.56. The lowest BCUT2D eigenvalue weighted by molar-refractivity contribution is 0.305. The molecule has 0 spiro atoms. The van der Waals surface area contributed by atoms with Crippen molar-refractivity contribution >= 4 is 23.4 Å². The van der Waals surface area contributed by atoms with Gasteiger partial charge in [0, 0.05) is 28.5 Å². The fraction of sp³-hybridized carbons (Fsp3) is 0.222. The topological polar surface area (TPSA) is 20.2 Å². The van der Waals surface area contributed by atoms with E-state index in [9.17, 15) is 0 Å². The molecule has 0 aliphatic heterocycles. The fourth-order valence-corrected chi connectivity index (χ4v) is 3.12. The maximum atomic E-state index is 8.73. The van der Waals surface area contributed by atoms with E-state index in [-0.39, 0.29) is 6.61 Å². The molecule has 0 fully saturated rings. The van der Waals surface area contributed by atoms with Crippen LogP contribution in [0.1, 0.15) is 23.1 Å². The molecule has 0 unspecified atom stereocenters. The van der Waals surface area contributed by atoms with Crippen LogP contribution in [0.3, 0.4) is 0 Å². The van der Waals surface area contributed by atoms with Gasteiger partial charge in [-0.1, -0.05) is 53.8 Å². The standard InChI is InChI=1S/C18H17ClOS/c19-18-10-2-1-9-17(18)14-21-13-16-8-5-7-15(12-16)6-3-4-11-20/h1-2,5,7-10,12,20H,4,11,13-14H2. The van der Waals surface area contributed by atoms with Crippen LogP contribution >= 0.6 is 23.4 Å². The van der Waals surface area contributed by atoms with Gasteiger partial charge in [-0.15, -0.1) is 0 Å². The van der Waals surface area contributed by atoms with Crippen LogP contribution in [-0.4, -0.2) is 11.7 Å². The van der Waals surface area contributed by atoms with Crippen LogP contribution in [0, 0.1) is 11.8 Å². The number of rotatable bonds is 5. The van der Waals surface area contributed by atoms with E-state index in [1.54, 1.807) is 0 Å². The van der Waals surface area contributed by atoms with Crippen molar-refractivity contribution in [2.75, 3.05) is 6.61 Å². The highest BCUT2D eigenvalue weighted by atomic mass is 35.5. The molecule has 0 aromatic heterocycles. The van der Waals surface area contributed by atoms with Crippen molar-refractivity contribution in [2.45, 2.75) is 17.9 Å². The summed E-state index contributed by atoms with van der Waals surface area (Å²) in [5.74, 6) is 7.84. The molecule has 0 aliphatic rings. The second kappa shape index (κ2) is 8.79. The first-order valence-electron chi connectivity index (χ1n) is 6.79. The van der Waals surface area contributed by atoms with Gasteiger partial charge in [0.25, 0.3) is 0 Å².